The first kappa shape index (κ1) is 76.1. The highest BCUT2D eigenvalue weighted by molar-refractivity contribution is 7.87. The van der Waals surface area contributed by atoms with Crippen molar-refractivity contribution in [1.82, 2.24) is 57.7 Å². The van der Waals surface area contributed by atoms with E-state index in [2.05, 4.69) is 60.7 Å². The number of amides is 3. The number of benzene rings is 6. The van der Waals surface area contributed by atoms with E-state index in [1.807, 2.05) is 91.0 Å². The lowest BCUT2D eigenvalue weighted by atomic mass is 10.1. The van der Waals surface area contributed by atoms with Crippen molar-refractivity contribution in [3.05, 3.63) is 193 Å². The molecule has 36 heteroatoms. The molecule has 2 unspecified atom stereocenters. The number of hydrogen-bond acceptors (Lipinski definition) is 18. The molecule has 3 saturated heterocycles. The van der Waals surface area contributed by atoms with E-state index in [0.29, 0.717) is 30.0 Å². The first-order valence-electron chi connectivity index (χ1n) is 27.4. The van der Waals surface area contributed by atoms with E-state index in [9.17, 15) is 52.8 Å². The first-order chi connectivity index (χ1) is 44.2. The molecule has 3 aliphatic rings. The molecule has 6 atom stereocenters. The van der Waals surface area contributed by atoms with Crippen LogP contribution in [0.3, 0.4) is 0 Å². The van der Waals surface area contributed by atoms with Crippen LogP contribution in [0.5, 0.6) is 0 Å². The zero-order valence-electron chi connectivity index (χ0n) is 48.4. The fourth-order valence-corrected chi connectivity index (χ4v) is 16.7. The lowest BCUT2D eigenvalue weighted by molar-refractivity contribution is -0.120. The van der Waals surface area contributed by atoms with Crippen molar-refractivity contribution >= 4 is 134 Å². The van der Waals surface area contributed by atoms with Crippen LogP contribution in [0.1, 0.15) is 74.7 Å². The SMILES string of the molecule is C.C.C.CN1C(C(=O)Nc2ccc(F)c(Cl)c2)CC(c2nnc(-c3ccccc3)s2)NS1(=O)=O.CN1[C@@H](C(=O)Nc2ccc(F)c(Cl)c2)C[C@@H](c2nnc(-c3ccccc3)s2)NS1(=O)=O.CN1[C@H](C(=O)Nc2ccc(F)c(Cl)c2)C[C@H](c2nnc(-c3ccccc3)s2)NS1(=O)=O. The highest BCUT2D eigenvalue weighted by Gasteiger charge is 2.45. The van der Waals surface area contributed by atoms with Crippen LogP contribution in [0.15, 0.2) is 146 Å². The molecule has 3 aliphatic heterocycles. The number of carbonyl (C=O) groups excluding carboxylic acids is 3. The monoisotopic (exact) mass is 1490 g/mol. The Morgan fingerprint density at radius 1 is 0.417 bits per heavy atom. The van der Waals surface area contributed by atoms with Crippen LogP contribution >= 0.6 is 68.8 Å². The van der Waals surface area contributed by atoms with E-state index in [4.69, 9.17) is 34.8 Å². The van der Waals surface area contributed by atoms with Crippen LogP contribution < -0.4 is 30.1 Å². The van der Waals surface area contributed by atoms with Gasteiger partial charge in [0.2, 0.25) is 17.7 Å². The standard InChI is InChI=1S/3C19H17ClFN5O3S2.3CH4/c3*1-26-16(17(27)22-12-7-8-14(21)13(20)9-12)10-15(25-31(26,28)29)19-24-23-18(30-19)11-5-3-2-4-6-11;;;/h3*2-9,15-16,25H,10H2,1H3,(H,22,27);3*1H4/t2*15-,16+;;;;/m10..../s1. The van der Waals surface area contributed by atoms with E-state index in [0.717, 1.165) is 47.8 Å². The van der Waals surface area contributed by atoms with Gasteiger partial charge >= 0.3 is 0 Å². The summed E-state index contributed by atoms with van der Waals surface area (Å²) in [5, 5.41) is 35.5. The second-order valence-electron chi connectivity index (χ2n) is 20.6. The highest BCUT2D eigenvalue weighted by Crippen LogP contribution is 2.37. The van der Waals surface area contributed by atoms with Crippen LogP contribution in [0.25, 0.3) is 31.7 Å². The van der Waals surface area contributed by atoms with Gasteiger partial charge in [-0.1, -0.05) is 182 Å². The number of aromatic nitrogens is 6. The topological polar surface area (TPSA) is 313 Å². The van der Waals surface area contributed by atoms with Crippen molar-refractivity contribution < 1.29 is 52.8 Å². The van der Waals surface area contributed by atoms with Crippen LogP contribution in [0, 0.1) is 17.5 Å². The highest BCUT2D eigenvalue weighted by atomic mass is 35.5. The summed E-state index contributed by atoms with van der Waals surface area (Å²) in [5.41, 5.74) is 3.39. The predicted molar refractivity (Wildman–Crippen MR) is 369 cm³/mol. The van der Waals surface area contributed by atoms with E-state index in [1.165, 1.54) is 91.6 Å². The largest absolute Gasteiger partial charge is 0.325 e. The Kier molecular flexibility index (Phi) is 25.6. The quantitative estimate of drug-likeness (QED) is 0.0662. The summed E-state index contributed by atoms with van der Waals surface area (Å²) < 4.78 is 126. The van der Waals surface area contributed by atoms with Crippen LogP contribution in [-0.4, -0.2) is 126 Å². The van der Waals surface area contributed by atoms with E-state index < -0.39 is 102 Å². The van der Waals surface area contributed by atoms with Gasteiger partial charge in [-0.15, -0.1) is 30.6 Å². The van der Waals surface area contributed by atoms with Crippen molar-refractivity contribution in [3.63, 3.8) is 0 Å². The molecule has 0 saturated carbocycles. The summed E-state index contributed by atoms with van der Waals surface area (Å²) in [6.45, 7) is 0. The maximum atomic E-state index is 13.4. The Morgan fingerprint density at radius 2 is 0.656 bits per heavy atom. The second-order valence-corrected chi connectivity index (χ2v) is 30.2. The van der Waals surface area contributed by atoms with Gasteiger partial charge in [-0.3, -0.25) is 14.4 Å². The molecule has 510 valence electrons. The number of rotatable bonds is 12. The summed E-state index contributed by atoms with van der Waals surface area (Å²) in [5.74, 6) is -3.54. The maximum Gasteiger partial charge on any atom is 0.280 e. The molecular formula is C60H63Cl3F3N15O9S6. The third kappa shape index (κ3) is 18.1. The molecule has 9 aromatic rings. The normalized spacial score (nSPS) is 20.3. The Morgan fingerprint density at radius 3 is 0.885 bits per heavy atom. The molecule has 0 spiro atoms. The molecule has 0 aliphatic carbocycles. The Bertz CT molecular complexity index is 4120. The van der Waals surface area contributed by atoms with Crippen molar-refractivity contribution in [2.45, 2.75) is 77.8 Å². The van der Waals surface area contributed by atoms with E-state index in [-0.39, 0.29) is 73.7 Å². The zero-order valence-corrected chi connectivity index (χ0v) is 55.5. The van der Waals surface area contributed by atoms with Crippen molar-refractivity contribution in [3.8, 4) is 31.7 Å². The Hall–Kier alpha value is -7.32. The summed E-state index contributed by atoms with van der Waals surface area (Å²) in [4.78, 5) is 38.6. The number of halogens is 6. The van der Waals surface area contributed by atoms with Gasteiger partial charge in [-0.05, 0) is 73.9 Å². The van der Waals surface area contributed by atoms with Crippen LogP contribution in [-0.2, 0) is 45.0 Å². The van der Waals surface area contributed by atoms with E-state index >= 15 is 0 Å². The van der Waals surface area contributed by atoms with Crippen molar-refractivity contribution in [1.29, 1.82) is 0 Å². The molecule has 0 radical (unpaired) electrons. The molecule has 24 nitrogen and oxygen atoms in total. The van der Waals surface area contributed by atoms with Gasteiger partial charge in [0.15, 0.2) is 0 Å². The molecule has 96 heavy (non-hydrogen) atoms. The molecule has 6 N–H and O–H groups in total. The number of carbonyl (C=O) groups is 3. The minimum Gasteiger partial charge on any atom is -0.325 e. The third-order valence-corrected chi connectivity index (χ3v) is 23.4. The van der Waals surface area contributed by atoms with Crippen LogP contribution in [0.2, 0.25) is 15.1 Å². The van der Waals surface area contributed by atoms with Gasteiger partial charge in [-0.25, -0.2) is 13.2 Å². The number of hydrogen-bond donors (Lipinski definition) is 6. The van der Waals surface area contributed by atoms with Gasteiger partial charge in [-0.2, -0.15) is 52.3 Å². The fraction of sp³-hybridized carbons (Fsp3) is 0.250. The average Bonchev–Trinajstić information content (AvgIpc) is 1.32. The average molecular weight is 1490 g/mol. The molecular weight excluding hydrogens is 1430 g/mol. The molecule has 6 aromatic carbocycles. The number of likely N-dealkylation sites (N-methyl/N-ethyl adjacent to an activating group) is 3. The second kappa shape index (κ2) is 32.4. The van der Waals surface area contributed by atoms with E-state index in [1.54, 1.807) is 0 Å². The van der Waals surface area contributed by atoms with Gasteiger partial charge in [0.25, 0.3) is 30.6 Å². The number of nitrogens with zero attached hydrogens (tertiary/aromatic N) is 9. The maximum absolute atomic E-state index is 13.4. The van der Waals surface area contributed by atoms with Gasteiger partial charge in [0.1, 0.15) is 65.6 Å². The molecule has 3 amide bonds. The Labute approximate surface area is 580 Å². The first-order valence-corrected chi connectivity index (χ1v) is 35.3. The summed E-state index contributed by atoms with van der Waals surface area (Å²) >= 11 is 21.0. The van der Waals surface area contributed by atoms with Crippen molar-refractivity contribution in [2.24, 2.45) is 0 Å². The minimum absolute atomic E-state index is 0. The zero-order chi connectivity index (χ0) is 66.5. The molecule has 12 rings (SSSR count). The van der Waals surface area contributed by atoms with Gasteiger partial charge in [0.05, 0.1) is 33.2 Å². The number of nitrogens with one attached hydrogen (secondary N) is 6. The molecule has 3 aromatic heterocycles. The smallest absolute Gasteiger partial charge is 0.280 e. The lowest BCUT2D eigenvalue weighted by Gasteiger charge is -2.35. The molecule has 0 bridgehead atoms. The third-order valence-electron chi connectivity index (χ3n) is 14.5. The fourth-order valence-electron chi connectivity index (χ4n) is 9.44. The van der Waals surface area contributed by atoms with Crippen molar-refractivity contribution in [2.75, 3.05) is 37.1 Å². The lowest BCUT2D eigenvalue weighted by Crippen LogP contribution is -2.55. The number of anilines is 3. The van der Waals surface area contributed by atoms with Gasteiger partial charge < -0.3 is 16.0 Å². The molecule has 3 fully saturated rings. The summed E-state index contributed by atoms with van der Waals surface area (Å²) in [6.07, 6.45) is 0.416. The van der Waals surface area contributed by atoms with Crippen LogP contribution in [0.4, 0.5) is 30.2 Å². The Balaban J connectivity index is 0.000000200. The summed E-state index contributed by atoms with van der Waals surface area (Å²) in [7, 11) is -7.87. The predicted octanol–water partition coefficient (Wildman–Crippen LogP) is 11.6. The minimum atomic E-state index is -3.94. The molecule has 6 heterocycles. The van der Waals surface area contributed by atoms with Gasteiger partial charge in [0, 0.05) is 54.9 Å². The summed E-state index contributed by atoms with van der Waals surface area (Å²) in [6, 6.07) is 34.2.